The van der Waals surface area contributed by atoms with Gasteiger partial charge < -0.3 is 18.7 Å². The zero-order valence-corrected chi connectivity index (χ0v) is 35.6. The molecule has 5 heterocycles. The van der Waals surface area contributed by atoms with E-state index in [1.165, 1.54) is 11.6 Å². The number of benzene rings is 5. The molecule has 0 unspecified atom stereocenters. The lowest BCUT2D eigenvalue weighted by Crippen LogP contribution is -2.71. The van der Waals surface area contributed by atoms with Crippen LogP contribution < -0.4 is 4.74 Å². The van der Waals surface area contributed by atoms with Crippen LogP contribution in [0.5, 0.6) is 5.75 Å². The van der Waals surface area contributed by atoms with E-state index in [9.17, 15) is 23.9 Å². The maximum atomic E-state index is 13.6. The first-order chi connectivity index (χ1) is 31.0. The Hall–Kier alpha value is -6.72. The average Bonchev–Trinajstić information content (AvgIpc) is 4.01. The first-order valence-electron chi connectivity index (χ1n) is 21.6. The van der Waals surface area contributed by atoms with Crippen LogP contribution in [0.15, 0.2) is 106 Å². The lowest BCUT2D eigenvalue weighted by Gasteiger charge is -2.60. The molecule has 11 nitrogen and oxygen atoms in total. The molecule has 2 aromatic heterocycles. The number of nitrogens with zero attached hydrogens (tertiary/aromatic N) is 6. The van der Waals surface area contributed by atoms with Gasteiger partial charge in [0.2, 0.25) is 11.8 Å². The number of nitriles is 1. The normalized spacial score (nSPS) is 17.7. The van der Waals surface area contributed by atoms with Gasteiger partial charge in [-0.3, -0.25) is 19.5 Å². The molecule has 3 aliphatic heterocycles. The van der Waals surface area contributed by atoms with Crippen molar-refractivity contribution in [3.63, 3.8) is 0 Å². The summed E-state index contributed by atoms with van der Waals surface area (Å²) >= 11 is 0. The molecular weight excluding hydrogens is 815 g/mol. The van der Waals surface area contributed by atoms with Crippen molar-refractivity contribution in [2.45, 2.75) is 52.4 Å². The van der Waals surface area contributed by atoms with Gasteiger partial charge in [0.05, 0.1) is 5.56 Å². The zero-order chi connectivity index (χ0) is 44.1. The molecular formula is C51H46F2N6O5. The van der Waals surface area contributed by atoms with Gasteiger partial charge in [-0.25, -0.2) is 9.97 Å². The second kappa shape index (κ2) is 16.8. The second-order valence-electron chi connectivity index (χ2n) is 17.5. The highest BCUT2D eigenvalue weighted by Crippen LogP contribution is 2.42. The maximum Gasteiger partial charge on any atom is 0.387 e. The molecule has 324 valence electrons. The number of rotatable bonds is 13. The first-order valence-corrected chi connectivity index (χ1v) is 21.6. The van der Waals surface area contributed by atoms with Crippen LogP contribution in [-0.2, 0) is 17.9 Å². The molecule has 13 heteroatoms. The SMILES string of the molecule is Cc1c(-c2nc3cc(CN4CCC[C@H]4C(=O)O)c(OC(F)F)cc3o2)cccc1-c1cccc(-c2nc3cc(CN4CC5(CN(CC=Cc6ccccc6)C5)C4)cc(C#N)c3o2)c1C. The maximum absolute atomic E-state index is 13.6. The number of ether oxygens (including phenoxy) is 1. The molecule has 1 N–H and O–H groups in total. The molecule has 3 aliphatic rings. The van der Waals surface area contributed by atoms with Crippen molar-refractivity contribution < 1.29 is 32.3 Å². The van der Waals surface area contributed by atoms with E-state index in [2.05, 4.69) is 52.3 Å². The quantitative estimate of drug-likeness (QED) is 0.119. The van der Waals surface area contributed by atoms with Crippen LogP contribution in [0.3, 0.4) is 0 Å². The van der Waals surface area contributed by atoms with Gasteiger partial charge in [0.25, 0.3) is 0 Å². The third kappa shape index (κ3) is 7.93. The van der Waals surface area contributed by atoms with Gasteiger partial charge in [-0.2, -0.15) is 14.0 Å². The van der Waals surface area contributed by atoms with Crippen molar-refractivity contribution in [3.05, 3.63) is 130 Å². The molecule has 3 fully saturated rings. The second-order valence-corrected chi connectivity index (χ2v) is 17.5. The van der Waals surface area contributed by atoms with E-state index in [4.69, 9.17) is 23.5 Å². The molecule has 7 aromatic rings. The van der Waals surface area contributed by atoms with Crippen molar-refractivity contribution in [1.82, 2.24) is 24.7 Å². The summed E-state index contributed by atoms with van der Waals surface area (Å²) in [5.74, 6) is -0.288. The number of carboxylic acid groups (broad SMARTS) is 1. The molecule has 5 aromatic carbocycles. The summed E-state index contributed by atoms with van der Waals surface area (Å²) in [5.41, 5.74) is 10.5. The number of carbonyl (C=O) groups is 1. The van der Waals surface area contributed by atoms with Crippen LogP contribution in [0.1, 0.15) is 46.2 Å². The fourth-order valence-electron chi connectivity index (χ4n) is 10.1. The van der Waals surface area contributed by atoms with Crippen molar-refractivity contribution in [2.75, 3.05) is 39.3 Å². The standard InChI is InChI=1S/C51H46F2N6O5/c1-31-37(13-6-15-39(31)47-55-41-22-36(26-59-19-9-17-43(59)49(60)61)44(63-50(52)53)23-45(41)62-47)38-14-7-16-40(32(38)2)48-56-42-21-34(20-35(24-54)46(42)64-48)25-58-29-51(30-58)27-57(28-51)18-8-12-33-10-4-3-5-11-33/h3-8,10-16,20-23,43,50H,9,17-19,25-30H2,1-2H3,(H,60,61)/t43-/m0/s1. The van der Waals surface area contributed by atoms with Gasteiger partial charge in [-0.15, -0.1) is 0 Å². The van der Waals surface area contributed by atoms with E-state index in [1.54, 1.807) is 11.0 Å². The van der Waals surface area contributed by atoms with Gasteiger partial charge >= 0.3 is 12.6 Å². The van der Waals surface area contributed by atoms with E-state index in [0.29, 0.717) is 69.9 Å². The number of oxazole rings is 2. The minimum atomic E-state index is -3.08. The lowest BCUT2D eigenvalue weighted by molar-refractivity contribution is -0.142. The number of aliphatic carboxylic acids is 1. The van der Waals surface area contributed by atoms with E-state index in [0.717, 1.165) is 72.6 Å². The van der Waals surface area contributed by atoms with Crippen LogP contribution in [0.25, 0.3) is 62.3 Å². The van der Waals surface area contributed by atoms with Gasteiger partial charge in [0.1, 0.15) is 28.9 Å². The van der Waals surface area contributed by atoms with E-state index in [1.807, 2.05) is 68.4 Å². The van der Waals surface area contributed by atoms with Crippen LogP contribution in [0.2, 0.25) is 0 Å². The van der Waals surface area contributed by atoms with Crippen molar-refractivity contribution in [3.8, 4) is 45.9 Å². The Morgan fingerprint density at radius 3 is 2.23 bits per heavy atom. The van der Waals surface area contributed by atoms with Crippen LogP contribution >= 0.6 is 0 Å². The Labute approximate surface area is 368 Å². The third-order valence-corrected chi connectivity index (χ3v) is 13.0. The molecule has 0 radical (unpaired) electrons. The van der Waals surface area contributed by atoms with E-state index in [-0.39, 0.29) is 17.9 Å². The predicted molar refractivity (Wildman–Crippen MR) is 239 cm³/mol. The monoisotopic (exact) mass is 860 g/mol. The van der Waals surface area contributed by atoms with E-state index < -0.39 is 18.6 Å². The summed E-state index contributed by atoms with van der Waals surface area (Å²) in [4.78, 5) is 28.3. The fourth-order valence-corrected chi connectivity index (χ4v) is 10.1. The van der Waals surface area contributed by atoms with Gasteiger partial charge in [-0.05, 0) is 96.9 Å². The molecule has 3 saturated heterocycles. The van der Waals surface area contributed by atoms with Crippen LogP contribution in [0, 0.1) is 30.6 Å². The molecule has 0 saturated carbocycles. The highest BCUT2D eigenvalue weighted by Gasteiger charge is 2.50. The zero-order valence-electron chi connectivity index (χ0n) is 35.6. The third-order valence-electron chi connectivity index (χ3n) is 13.0. The van der Waals surface area contributed by atoms with Gasteiger partial charge in [-0.1, -0.05) is 66.7 Å². The van der Waals surface area contributed by atoms with Crippen molar-refractivity contribution in [1.29, 1.82) is 5.26 Å². The van der Waals surface area contributed by atoms with Gasteiger partial charge in [0.15, 0.2) is 11.2 Å². The molecule has 1 spiro atoms. The summed E-state index contributed by atoms with van der Waals surface area (Å²) in [6, 6.07) is 30.8. The van der Waals surface area contributed by atoms with Crippen LogP contribution in [-0.4, -0.2) is 87.7 Å². The topological polar surface area (TPSA) is 132 Å². The van der Waals surface area contributed by atoms with Gasteiger partial charge in [0, 0.05) is 74.0 Å². The molecule has 0 bridgehead atoms. The van der Waals surface area contributed by atoms with E-state index >= 15 is 0 Å². The Morgan fingerprint density at radius 1 is 0.875 bits per heavy atom. The minimum absolute atomic E-state index is 0.0786. The molecule has 10 rings (SSSR count). The Morgan fingerprint density at radius 2 is 1.55 bits per heavy atom. The summed E-state index contributed by atoms with van der Waals surface area (Å²) in [6.45, 7) is 7.51. The number of likely N-dealkylation sites (tertiary alicyclic amines) is 3. The molecule has 1 atom stereocenters. The highest BCUT2D eigenvalue weighted by atomic mass is 19.3. The first kappa shape index (κ1) is 41.3. The summed E-state index contributed by atoms with van der Waals surface area (Å²) in [6.07, 6.45) is 5.61. The number of aromatic nitrogens is 2. The largest absolute Gasteiger partial charge is 0.480 e. The smallest absolute Gasteiger partial charge is 0.387 e. The predicted octanol–water partition coefficient (Wildman–Crippen LogP) is 9.94. The number of carboxylic acids is 1. The van der Waals surface area contributed by atoms with Crippen molar-refractivity contribution >= 4 is 34.2 Å². The number of alkyl halides is 2. The number of hydrogen-bond acceptors (Lipinski definition) is 10. The number of fused-ring (bicyclic) bond motifs is 2. The number of halogens is 2. The van der Waals surface area contributed by atoms with Crippen molar-refractivity contribution in [2.24, 2.45) is 5.41 Å². The Balaban J connectivity index is 0.867. The number of hydrogen-bond donors (Lipinski definition) is 1. The Kier molecular flexibility index (Phi) is 10.8. The summed E-state index contributed by atoms with van der Waals surface area (Å²) < 4.78 is 44.6. The molecule has 0 amide bonds. The Bertz CT molecular complexity index is 2980. The minimum Gasteiger partial charge on any atom is -0.480 e. The summed E-state index contributed by atoms with van der Waals surface area (Å²) in [5, 5.41) is 19.9. The van der Waals surface area contributed by atoms with Crippen LogP contribution in [0.4, 0.5) is 8.78 Å². The lowest BCUT2D eigenvalue weighted by atomic mass is 9.72. The highest BCUT2D eigenvalue weighted by molar-refractivity contribution is 5.86. The molecule has 0 aliphatic carbocycles. The summed E-state index contributed by atoms with van der Waals surface area (Å²) in [7, 11) is 0. The fraction of sp³-hybridized carbons (Fsp3) is 0.294. The molecule has 64 heavy (non-hydrogen) atoms. The average molecular weight is 861 g/mol.